The summed E-state index contributed by atoms with van der Waals surface area (Å²) >= 11 is 0. The number of rotatable bonds is 8. The molecule has 3 aromatic carbocycles. The van der Waals surface area contributed by atoms with Crippen LogP contribution in [0.2, 0.25) is 0 Å². The maximum atomic E-state index is 13.0. The summed E-state index contributed by atoms with van der Waals surface area (Å²) in [4.78, 5) is 51.6. The average Bonchev–Trinajstić information content (AvgIpc) is 3.11. The standard InChI is InChI=1S/C26H22N2O6/c1-33-19-13-11-18(12-14-19)27-24(30)23(17-7-3-2-4-8-17)34-22(29)15-16-28-25(31)20-9-5-6-10-21(20)26(28)32/h2-14,23H,15-16H2,1H3,(H,27,30)/t23-/m1/s1. The Bertz CT molecular complexity index is 1190. The number of ether oxygens (including phenoxy) is 2. The van der Waals surface area contributed by atoms with Gasteiger partial charge in [-0.2, -0.15) is 0 Å². The lowest BCUT2D eigenvalue weighted by Gasteiger charge is -2.19. The van der Waals surface area contributed by atoms with Gasteiger partial charge in [-0.1, -0.05) is 42.5 Å². The minimum atomic E-state index is -1.21. The van der Waals surface area contributed by atoms with E-state index in [1.54, 1.807) is 86.0 Å². The van der Waals surface area contributed by atoms with E-state index in [4.69, 9.17) is 9.47 Å². The van der Waals surface area contributed by atoms with Crippen LogP contribution >= 0.6 is 0 Å². The van der Waals surface area contributed by atoms with Gasteiger partial charge in [0.15, 0.2) is 0 Å². The molecule has 0 saturated carbocycles. The zero-order valence-electron chi connectivity index (χ0n) is 18.4. The van der Waals surface area contributed by atoms with Crippen LogP contribution in [0.15, 0.2) is 78.9 Å². The molecule has 0 aromatic heterocycles. The van der Waals surface area contributed by atoms with E-state index in [1.165, 1.54) is 0 Å². The molecule has 1 heterocycles. The van der Waals surface area contributed by atoms with Crippen LogP contribution in [-0.2, 0) is 14.3 Å². The van der Waals surface area contributed by atoms with Crippen molar-refractivity contribution in [1.82, 2.24) is 4.90 Å². The molecule has 8 heteroatoms. The lowest BCUT2D eigenvalue weighted by Crippen LogP contribution is -2.33. The first-order chi connectivity index (χ1) is 16.5. The Labute approximate surface area is 196 Å². The SMILES string of the molecule is COc1ccc(NC(=O)[C@H](OC(=O)CCN2C(=O)c3ccccc3C2=O)c2ccccc2)cc1. The molecule has 0 unspecified atom stereocenters. The van der Waals surface area contributed by atoms with Crippen molar-refractivity contribution in [1.29, 1.82) is 0 Å². The van der Waals surface area contributed by atoms with Gasteiger partial charge in [-0.05, 0) is 36.4 Å². The zero-order valence-corrected chi connectivity index (χ0v) is 18.4. The smallest absolute Gasteiger partial charge is 0.308 e. The molecule has 34 heavy (non-hydrogen) atoms. The average molecular weight is 458 g/mol. The Morgan fingerprint density at radius 2 is 1.44 bits per heavy atom. The molecule has 1 atom stereocenters. The van der Waals surface area contributed by atoms with Crippen LogP contribution in [0.1, 0.15) is 38.8 Å². The molecule has 0 radical (unpaired) electrons. The van der Waals surface area contributed by atoms with Gasteiger partial charge < -0.3 is 14.8 Å². The fourth-order valence-corrected chi connectivity index (χ4v) is 3.62. The third kappa shape index (κ3) is 4.80. The molecule has 3 amide bonds. The van der Waals surface area contributed by atoms with Gasteiger partial charge in [0, 0.05) is 17.8 Å². The van der Waals surface area contributed by atoms with Crippen LogP contribution < -0.4 is 10.1 Å². The Balaban J connectivity index is 1.43. The van der Waals surface area contributed by atoms with Gasteiger partial charge in [-0.3, -0.25) is 24.1 Å². The van der Waals surface area contributed by atoms with Crippen LogP contribution in [0, 0.1) is 0 Å². The molecule has 0 bridgehead atoms. The second kappa shape index (κ2) is 9.99. The summed E-state index contributed by atoms with van der Waals surface area (Å²) in [5.74, 6) is -1.52. The number of anilines is 1. The largest absolute Gasteiger partial charge is 0.497 e. The maximum absolute atomic E-state index is 13.0. The number of amides is 3. The summed E-state index contributed by atoms with van der Waals surface area (Å²) in [6, 6.07) is 21.8. The maximum Gasteiger partial charge on any atom is 0.308 e. The van der Waals surface area contributed by atoms with Crippen molar-refractivity contribution in [2.45, 2.75) is 12.5 Å². The van der Waals surface area contributed by atoms with Crippen LogP contribution in [0.3, 0.4) is 0 Å². The second-order valence-corrected chi connectivity index (χ2v) is 7.56. The van der Waals surface area contributed by atoms with E-state index in [1.807, 2.05) is 0 Å². The van der Waals surface area contributed by atoms with Crippen LogP contribution in [0.4, 0.5) is 5.69 Å². The van der Waals surface area contributed by atoms with Crippen molar-refractivity contribution in [3.8, 4) is 5.75 Å². The monoisotopic (exact) mass is 458 g/mol. The number of imide groups is 1. The number of esters is 1. The van der Waals surface area contributed by atoms with Gasteiger partial charge in [-0.25, -0.2) is 0 Å². The normalized spacial score (nSPS) is 13.3. The molecule has 4 rings (SSSR count). The highest BCUT2D eigenvalue weighted by atomic mass is 16.5. The van der Waals surface area contributed by atoms with Crippen LogP contribution in [0.25, 0.3) is 0 Å². The van der Waals surface area contributed by atoms with E-state index in [9.17, 15) is 19.2 Å². The molecule has 3 aromatic rings. The summed E-state index contributed by atoms with van der Waals surface area (Å²) in [6.45, 7) is -0.146. The van der Waals surface area contributed by atoms with Gasteiger partial charge in [-0.15, -0.1) is 0 Å². The Hall–Kier alpha value is -4.46. The fraction of sp³-hybridized carbons (Fsp3) is 0.154. The van der Waals surface area contributed by atoms with E-state index in [-0.39, 0.29) is 13.0 Å². The highest BCUT2D eigenvalue weighted by Crippen LogP contribution is 2.24. The summed E-state index contributed by atoms with van der Waals surface area (Å²) in [7, 11) is 1.54. The first-order valence-corrected chi connectivity index (χ1v) is 10.6. The predicted octanol–water partition coefficient (Wildman–Crippen LogP) is 3.60. The molecule has 0 aliphatic carbocycles. The molecule has 1 aliphatic rings. The number of hydrogen-bond acceptors (Lipinski definition) is 6. The zero-order chi connectivity index (χ0) is 24.1. The second-order valence-electron chi connectivity index (χ2n) is 7.56. The van der Waals surface area contributed by atoms with Crippen molar-refractivity contribution < 1.29 is 28.7 Å². The summed E-state index contributed by atoms with van der Waals surface area (Å²) in [5, 5.41) is 2.73. The van der Waals surface area contributed by atoms with Crippen molar-refractivity contribution in [2.75, 3.05) is 19.0 Å². The summed E-state index contributed by atoms with van der Waals surface area (Å²) < 4.78 is 10.6. The van der Waals surface area contributed by atoms with Gasteiger partial charge in [0.05, 0.1) is 24.7 Å². The van der Waals surface area contributed by atoms with Gasteiger partial charge in [0.1, 0.15) is 5.75 Å². The number of benzene rings is 3. The number of carbonyl (C=O) groups is 4. The molecule has 1 aliphatic heterocycles. The molecular formula is C26H22N2O6. The van der Waals surface area contributed by atoms with Crippen molar-refractivity contribution in [3.05, 3.63) is 95.6 Å². The Kier molecular flexibility index (Phi) is 6.68. The van der Waals surface area contributed by atoms with Crippen molar-refractivity contribution >= 4 is 29.4 Å². The molecule has 0 spiro atoms. The molecule has 0 fully saturated rings. The van der Waals surface area contributed by atoms with Gasteiger partial charge in [0.2, 0.25) is 6.10 Å². The number of nitrogens with zero attached hydrogens (tertiary/aromatic N) is 1. The number of nitrogens with one attached hydrogen (secondary N) is 1. The molecular weight excluding hydrogens is 436 g/mol. The van der Waals surface area contributed by atoms with Crippen molar-refractivity contribution in [2.24, 2.45) is 0 Å². The molecule has 0 saturated heterocycles. The van der Waals surface area contributed by atoms with E-state index in [2.05, 4.69) is 5.32 Å². The quantitative estimate of drug-likeness (QED) is 0.409. The number of fused-ring (bicyclic) bond motifs is 1. The first-order valence-electron chi connectivity index (χ1n) is 10.6. The minimum Gasteiger partial charge on any atom is -0.497 e. The molecule has 8 nitrogen and oxygen atoms in total. The van der Waals surface area contributed by atoms with Crippen LogP contribution in [-0.4, -0.2) is 42.2 Å². The lowest BCUT2D eigenvalue weighted by atomic mass is 10.1. The summed E-state index contributed by atoms with van der Waals surface area (Å²) in [6.07, 6.45) is -1.46. The van der Waals surface area contributed by atoms with E-state index >= 15 is 0 Å². The first kappa shape index (κ1) is 22.7. The van der Waals surface area contributed by atoms with Crippen molar-refractivity contribution in [3.63, 3.8) is 0 Å². The summed E-state index contributed by atoms with van der Waals surface area (Å²) in [5.41, 5.74) is 1.61. The fourth-order valence-electron chi connectivity index (χ4n) is 3.62. The number of hydrogen-bond donors (Lipinski definition) is 1. The highest BCUT2D eigenvalue weighted by Gasteiger charge is 2.35. The highest BCUT2D eigenvalue weighted by molar-refractivity contribution is 6.21. The number of methoxy groups -OCH3 is 1. The Morgan fingerprint density at radius 1 is 0.853 bits per heavy atom. The van der Waals surface area contributed by atoms with Gasteiger partial charge >= 0.3 is 5.97 Å². The van der Waals surface area contributed by atoms with E-state index < -0.39 is 29.8 Å². The third-order valence-corrected chi connectivity index (χ3v) is 5.37. The van der Waals surface area contributed by atoms with E-state index in [0.29, 0.717) is 28.1 Å². The predicted molar refractivity (Wildman–Crippen MR) is 123 cm³/mol. The lowest BCUT2D eigenvalue weighted by molar-refractivity contribution is -0.154. The minimum absolute atomic E-state index is 0.146. The topological polar surface area (TPSA) is 102 Å². The van der Waals surface area contributed by atoms with E-state index in [0.717, 1.165) is 4.90 Å². The Morgan fingerprint density at radius 3 is 2.03 bits per heavy atom. The van der Waals surface area contributed by atoms with Crippen LogP contribution in [0.5, 0.6) is 5.75 Å². The van der Waals surface area contributed by atoms with Gasteiger partial charge in [0.25, 0.3) is 17.7 Å². The third-order valence-electron chi connectivity index (χ3n) is 5.37. The molecule has 172 valence electrons. The molecule has 1 N–H and O–H groups in total. The number of carbonyl (C=O) groups excluding carboxylic acids is 4.